The molecular formula is C29H29N2O2+. The Morgan fingerprint density at radius 3 is 2.21 bits per heavy atom. The van der Waals surface area contributed by atoms with Crippen LogP contribution < -0.4 is 18.9 Å². The SMILES string of the molecule is COc1cccc(N2CCc3cc(OC)ccc3C2c2ccc(-c3cc[n+](C)cc3)cc2)c1. The van der Waals surface area contributed by atoms with E-state index in [1.54, 1.807) is 14.2 Å². The fourth-order valence-corrected chi connectivity index (χ4v) is 4.71. The lowest BCUT2D eigenvalue weighted by molar-refractivity contribution is -0.671. The molecule has 0 N–H and O–H groups in total. The van der Waals surface area contributed by atoms with Gasteiger partial charge in [0, 0.05) is 30.4 Å². The Labute approximate surface area is 195 Å². The molecule has 166 valence electrons. The van der Waals surface area contributed by atoms with Gasteiger partial charge in [0.1, 0.15) is 18.5 Å². The number of methoxy groups -OCH3 is 2. The molecule has 4 nitrogen and oxygen atoms in total. The molecule has 0 bridgehead atoms. The van der Waals surface area contributed by atoms with E-state index in [-0.39, 0.29) is 6.04 Å². The fraction of sp³-hybridized carbons (Fsp3) is 0.207. The van der Waals surface area contributed by atoms with E-state index in [0.717, 1.165) is 24.5 Å². The summed E-state index contributed by atoms with van der Waals surface area (Å²) in [7, 11) is 5.49. The predicted octanol–water partition coefficient (Wildman–Crippen LogP) is 5.35. The summed E-state index contributed by atoms with van der Waals surface area (Å²) in [4.78, 5) is 2.48. The first-order valence-electron chi connectivity index (χ1n) is 11.3. The van der Waals surface area contributed by atoms with Crippen LogP contribution in [0.1, 0.15) is 22.7 Å². The third kappa shape index (κ3) is 4.17. The zero-order valence-electron chi connectivity index (χ0n) is 19.4. The second-order valence-electron chi connectivity index (χ2n) is 8.49. The Morgan fingerprint density at radius 1 is 0.788 bits per heavy atom. The number of hydrogen-bond donors (Lipinski definition) is 0. The van der Waals surface area contributed by atoms with Crippen molar-refractivity contribution in [2.45, 2.75) is 12.5 Å². The van der Waals surface area contributed by atoms with Gasteiger partial charge in [0.2, 0.25) is 0 Å². The number of aromatic nitrogens is 1. The highest BCUT2D eigenvalue weighted by Crippen LogP contribution is 2.40. The Balaban J connectivity index is 1.57. The normalized spacial score (nSPS) is 15.1. The van der Waals surface area contributed by atoms with Crippen molar-refractivity contribution in [1.29, 1.82) is 0 Å². The van der Waals surface area contributed by atoms with Crippen LogP contribution in [0.5, 0.6) is 11.5 Å². The lowest BCUT2D eigenvalue weighted by Gasteiger charge is -2.39. The zero-order chi connectivity index (χ0) is 22.8. The number of fused-ring (bicyclic) bond motifs is 1. The highest BCUT2D eigenvalue weighted by atomic mass is 16.5. The van der Waals surface area contributed by atoms with Crippen molar-refractivity contribution in [1.82, 2.24) is 0 Å². The summed E-state index contributed by atoms with van der Waals surface area (Å²) in [6.45, 7) is 0.926. The molecule has 4 heteroatoms. The summed E-state index contributed by atoms with van der Waals surface area (Å²) in [5.74, 6) is 1.79. The molecule has 5 rings (SSSR count). The Kier molecular flexibility index (Phi) is 5.74. The molecule has 2 heterocycles. The van der Waals surface area contributed by atoms with Crippen molar-refractivity contribution < 1.29 is 14.0 Å². The fourth-order valence-electron chi connectivity index (χ4n) is 4.71. The minimum atomic E-state index is 0.120. The lowest BCUT2D eigenvalue weighted by atomic mass is 9.87. The minimum absolute atomic E-state index is 0.120. The summed E-state index contributed by atoms with van der Waals surface area (Å²) in [5, 5.41) is 0. The van der Waals surface area contributed by atoms with E-state index in [1.165, 1.54) is 33.5 Å². The number of anilines is 1. The number of nitrogens with zero attached hydrogens (tertiary/aromatic N) is 2. The van der Waals surface area contributed by atoms with Crippen molar-refractivity contribution in [2.75, 3.05) is 25.7 Å². The summed E-state index contributed by atoms with van der Waals surface area (Å²) in [6.07, 6.45) is 5.14. The van der Waals surface area contributed by atoms with Gasteiger partial charge in [0.15, 0.2) is 12.4 Å². The van der Waals surface area contributed by atoms with E-state index in [9.17, 15) is 0 Å². The third-order valence-electron chi connectivity index (χ3n) is 6.50. The monoisotopic (exact) mass is 437 g/mol. The molecule has 0 aliphatic carbocycles. The number of aryl methyl sites for hydroxylation is 1. The third-order valence-corrected chi connectivity index (χ3v) is 6.50. The smallest absolute Gasteiger partial charge is 0.169 e. The molecule has 0 fully saturated rings. The van der Waals surface area contributed by atoms with E-state index in [1.807, 2.05) is 13.1 Å². The summed E-state index contributed by atoms with van der Waals surface area (Å²) < 4.78 is 13.1. The van der Waals surface area contributed by atoms with Crippen molar-refractivity contribution in [2.24, 2.45) is 7.05 Å². The average molecular weight is 438 g/mol. The van der Waals surface area contributed by atoms with E-state index in [4.69, 9.17) is 9.47 Å². The van der Waals surface area contributed by atoms with Crippen LogP contribution >= 0.6 is 0 Å². The molecule has 33 heavy (non-hydrogen) atoms. The molecule has 3 aromatic carbocycles. The molecule has 0 saturated carbocycles. The maximum absolute atomic E-state index is 5.51. The number of hydrogen-bond acceptors (Lipinski definition) is 3. The average Bonchev–Trinajstić information content (AvgIpc) is 2.88. The lowest BCUT2D eigenvalue weighted by Crippen LogP contribution is -2.36. The molecule has 1 aliphatic rings. The second-order valence-corrected chi connectivity index (χ2v) is 8.49. The second kappa shape index (κ2) is 8.99. The molecule has 0 radical (unpaired) electrons. The van der Waals surface area contributed by atoms with Crippen LogP contribution in [-0.2, 0) is 13.5 Å². The van der Waals surface area contributed by atoms with Crippen molar-refractivity contribution in [3.05, 3.63) is 108 Å². The quantitative estimate of drug-likeness (QED) is 0.394. The highest BCUT2D eigenvalue weighted by molar-refractivity contribution is 5.64. The van der Waals surface area contributed by atoms with Crippen LogP contribution in [0.3, 0.4) is 0 Å². The van der Waals surface area contributed by atoms with Gasteiger partial charge in [-0.3, -0.25) is 0 Å². The minimum Gasteiger partial charge on any atom is -0.497 e. The van der Waals surface area contributed by atoms with Gasteiger partial charge in [0.25, 0.3) is 0 Å². The topological polar surface area (TPSA) is 25.6 Å². The molecule has 0 amide bonds. The van der Waals surface area contributed by atoms with Crippen LogP contribution in [0.15, 0.2) is 91.3 Å². The van der Waals surface area contributed by atoms with Crippen LogP contribution in [0.2, 0.25) is 0 Å². The van der Waals surface area contributed by atoms with Gasteiger partial charge in [-0.2, -0.15) is 0 Å². The maximum Gasteiger partial charge on any atom is 0.169 e. The van der Waals surface area contributed by atoms with Crippen LogP contribution in [0.25, 0.3) is 11.1 Å². The highest BCUT2D eigenvalue weighted by Gasteiger charge is 2.29. The number of pyridine rings is 1. The van der Waals surface area contributed by atoms with Gasteiger partial charge in [-0.25, -0.2) is 4.57 Å². The Hall–Kier alpha value is -3.79. The van der Waals surface area contributed by atoms with Gasteiger partial charge in [-0.1, -0.05) is 36.4 Å². The maximum atomic E-state index is 5.51. The largest absolute Gasteiger partial charge is 0.497 e. The standard InChI is InChI=1S/C29H29N2O2/c1-30-16-13-22(14-17-30)21-7-9-23(10-8-21)29-28-12-11-27(33-3)19-24(28)15-18-31(29)25-5-4-6-26(20-25)32-2/h4-14,16-17,19-20,29H,15,18H2,1-3H3/q+1. The van der Waals surface area contributed by atoms with Crippen molar-refractivity contribution >= 4 is 5.69 Å². The molecule has 1 atom stereocenters. The number of rotatable bonds is 5. The molecule has 1 aliphatic heterocycles. The van der Waals surface area contributed by atoms with E-state index in [2.05, 4.69) is 94.7 Å². The first-order valence-corrected chi connectivity index (χ1v) is 11.3. The van der Waals surface area contributed by atoms with Crippen molar-refractivity contribution in [3.8, 4) is 22.6 Å². The van der Waals surface area contributed by atoms with E-state index in [0.29, 0.717) is 0 Å². The Bertz CT molecular complexity index is 1250. The van der Waals surface area contributed by atoms with Gasteiger partial charge in [-0.15, -0.1) is 0 Å². The van der Waals surface area contributed by atoms with Gasteiger partial charge >= 0.3 is 0 Å². The summed E-state index contributed by atoms with van der Waals surface area (Å²) in [5.41, 5.74) is 7.55. The van der Waals surface area contributed by atoms with Crippen LogP contribution in [-0.4, -0.2) is 20.8 Å². The first kappa shape index (κ1) is 21.1. The first-order chi connectivity index (χ1) is 16.2. The van der Waals surface area contributed by atoms with E-state index < -0.39 is 0 Å². The molecule has 0 saturated heterocycles. The molecule has 1 aromatic heterocycles. The Morgan fingerprint density at radius 2 is 1.48 bits per heavy atom. The van der Waals surface area contributed by atoms with Gasteiger partial charge in [-0.05, 0) is 58.5 Å². The number of benzene rings is 3. The summed E-state index contributed by atoms with van der Waals surface area (Å²) in [6, 6.07) is 28.2. The zero-order valence-corrected chi connectivity index (χ0v) is 19.4. The summed E-state index contributed by atoms with van der Waals surface area (Å²) >= 11 is 0. The van der Waals surface area contributed by atoms with Crippen molar-refractivity contribution in [3.63, 3.8) is 0 Å². The van der Waals surface area contributed by atoms with Crippen LogP contribution in [0.4, 0.5) is 5.69 Å². The molecule has 0 spiro atoms. The predicted molar refractivity (Wildman–Crippen MR) is 132 cm³/mol. The molecule has 4 aromatic rings. The van der Waals surface area contributed by atoms with Crippen LogP contribution in [0, 0.1) is 0 Å². The number of ether oxygens (including phenoxy) is 2. The van der Waals surface area contributed by atoms with Gasteiger partial charge < -0.3 is 14.4 Å². The van der Waals surface area contributed by atoms with Gasteiger partial charge in [0.05, 0.1) is 20.3 Å². The van der Waals surface area contributed by atoms with E-state index >= 15 is 0 Å². The molecule has 1 unspecified atom stereocenters. The molecular weight excluding hydrogens is 408 g/mol.